The fraction of sp³-hybridized carbons (Fsp3) is 0. The van der Waals surface area contributed by atoms with E-state index in [0.29, 0.717) is 16.9 Å². The van der Waals surface area contributed by atoms with Crippen molar-refractivity contribution in [3.63, 3.8) is 0 Å². The zero-order chi connectivity index (χ0) is 15.7. The molecule has 0 fully saturated rings. The first-order chi connectivity index (χ1) is 10.6. The quantitative estimate of drug-likeness (QED) is 0.503. The van der Waals surface area contributed by atoms with Crippen LogP contribution < -0.4 is 17.0 Å². The lowest BCUT2D eigenvalue weighted by Crippen LogP contribution is -2.16. The van der Waals surface area contributed by atoms with Crippen LogP contribution in [0.3, 0.4) is 0 Å². The van der Waals surface area contributed by atoms with Gasteiger partial charge in [-0.2, -0.15) is 0 Å². The smallest absolute Gasteiger partial charge is 0.295 e. The van der Waals surface area contributed by atoms with Gasteiger partial charge in [-0.3, -0.25) is 14.7 Å². The fourth-order valence-corrected chi connectivity index (χ4v) is 2.21. The summed E-state index contributed by atoms with van der Waals surface area (Å²) in [4.78, 5) is 24.7. The molecule has 2 aromatic carbocycles. The largest absolute Gasteiger partial charge is 0.399 e. The van der Waals surface area contributed by atoms with E-state index >= 15 is 0 Å². The summed E-state index contributed by atoms with van der Waals surface area (Å²) in [6, 6.07) is 15.4. The molecule has 6 heteroatoms. The van der Waals surface area contributed by atoms with Crippen LogP contribution in [0.2, 0.25) is 0 Å². The summed E-state index contributed by atoms with van der Waals surface area (Å²) < 4.78 is 1.24. The first-order valence-corrected chi connectivity index (χ1v) is 6.64. The van der Waals surface area contributed by atoms with Crippen molar-refractivity contribution in [2.24, 2.45) is 0 Å². The average Bonchev–Trinajstić information content (AvgIpc) is 2.83. The molecule has 0 amide bonds. The van der Waals surface area contributed by atoms with E-state index in [2.05, 4.69) is 5.10 Å². The maximum absolute atomic E-state index is 12.5. The Labute approximate surface area is 126 Å². The number of nitrogens with one attached hydrogen (secondary N) is 1. The number of aromatic amines is 1. The number of H-pyrrole nitrogens is 1. The summed E-state index contributed by atoms with van der Waals surface area (Å²) in [5.41, 5.74) is 12.4. The number of carbonyl (C=O) groups is 1. The van der Waals surface area contributed by atoms with Crippen molar-refractivity contribution in [2.45, 2.75) is 0 Å². The number of rotatable bonds is 3. The Bertz CT molecular complexity index is 894. The number of nitrogens with two attached hydrogens (primary N) is 2. The maximum Gasteiger partial charge on any atom is 0.295 e. The SMILES string of the molecule is Nc1cccc(C(=O)c2[nH]n(-c3ccccc3)c(=O)c2N)c1. The highest BCUT2D eigenvalue weighted by Gasteiger charge is 2.20. The third kappa shape index (κ3) is 2.26. The normalized spacial score (nSPS) is 10.5. The number of hydrogen-bond donors (Lipinski definition) is 3. The molecule has 22 heavy (non-hydrogen) atoms. The molecule has 0 radical (unpaired) electrons. The second-order valence-electron chi connectivity index (χ2n) is 4.83. The number of carbonyl (C=O) groups excluding carboxylic acids is 1. The van der Waals surface area contributed by atoms with E-state index in [-0.39, 0.29) is 17.2 Å². The van der Waals surface area contributed by atoms with E-state index < -0.39 is 5.56 Å². The van der Waals surface area contributed by atoms with Crippen LogP contribution in [0.5, 0.6) is 0 Å². The molecule has 3 aromatic rings. The number of nitrogen functional groups attached to an aromatic ring is 2. The van der Waals surface area contributed by atoms with Gasteiger partial charge in [0.1, 0.15) is 11.4 Å². The second-order valence-corrected chi connectivity index (χ2v) is 4.83. The van der Waals surface area contributed by atoms with Crippen molar-refractivity contribution in [3.8, 4) is 5.69 Å². The lowest BCUT2D eigenvalue weighted by Gasteiger charge is -2.02. The summed E-state index contributed by atoms with van der Waals surface area (Å²) in [5, 5.41) is 2.77. The van der Waals surface area contributed by atoms with Crippen LogP contribution in [-0.4, -0.2) is 15.6 Å². The zero-order valence-corrected chi connectivity index (χ0v) is 11.6. The monoisotopic (exact) mass is 294 g/mol. The molecular formula is C16H14N4O2. The Balaban J connectivity index is 2.10. The molecular weight excluding hydrogens is 280 g/mol. The predicted molar refractivity (Wildman–Crippen MR) is 85.1 cm³/mol. The minimum atomic E-state index is -0.460. The van der Waals surface area contributed by atoms with Crippen molar-refractivity contribution in [2.75, 3.05) is 11.5 Å². The molecule has 5 N–H and O–H groups in total. The molecule has 110 valence electrons. The summed E-state index contributed by atoms with van der Waals surface area (Å²) in [7, 11) is 0. The van der Waals surface area contributed by atoms with Crippen LogP contribution in [0.1, 0.15) is 16.1 Å². The van der Waals surface area contributed by atoms with E-state index in [4.69, 9.17) is 11.5 Å². The summed E-state index contributed by atoms with van der Waals surface area (Å²) in [6.07, 6.45) is 0. The molecule has 0 aliphatic rings. The van der Waals surface area contributed by atoms with Gasteiger partial charge in [0, 0.05) is 11.3 Å². The first kappa shape index (κ1) is 13.7. The van der Waals surface area contributed by atoms with Gasteiger partial charge >= 0.3 is 0 Å². The predicted octanol–water partition coefficient (Wildman–Crippen LogP) is 1.56. The van der Waals surface area contributed by atoms with E-state index in [1.807, 2.05) is 6.07 Å². The number of ketones is 1. The lowest BCUT2D eigenvalue weighted by molar-refractivity contribution is 0.103. The minimum Gasteiger partial charge on any atom is -0.399 e. The van der Waals surface area contributed by atoms with Crippen molar-refractivity contribution < 1.29 is 4.79 Å². The Morgan fingerprint density at radius 2 is 1.73 bits per heavy atom. The third-order valence-electron chi connectivity index (χ3n) is 3.32. The highest BCUT2D eigenvalue weighted by molar-refractivity contribution is 6.11. The molecule has 0 saturated carbocycles. The summed E-state index contributed by atoms with van der Waals surface area (Å²) >= 11 is 0. The maximum atomic E-state index is 12.5. The minimum absolute atomic E-state index is 0.0550. The standard InChI is InChI=1S/C16H14N4O2/c17-11-6-4-5-10(9-11)15(21)14-13(18)16(22)20(19-14)12-7-2-1-3-8-12/h1-9,19H,17-18H2. The summed E-state index contributed by atoms with van der Waals surface area (Å²) in [5.74, 6) is -0.378. The molecule has 0 spiro atoms. The molecule has 1 heterocycles. The molecule has 0 atom stereocenters. The van der Waals surface area contributed by atoms with Crippen molar-refractivity contribution >= 4 is 17.2 Å². The fourth-order valence-electron chi connectivity index (χ4n) is 2.21. The van der Waals surface area contributed by atoms with Crippen molar-refractivity contribution in [1.82, 2.24) is 9.78 Å². The van der Waals surface area contributed by atoms with Gasteiger partial charge in [0.05, 0.1) is 5.69 Å². The Morgan fingerprint density at radius 1 is 1.00 bits per heavy atom. The molecule has 0 aliphatic heterocycles. The zero-order valence-electron chi connectivity index (χ0n) is 11.6. The number of para-hydroxylation sites is 1. The van der Waals surface area contributed by atoms with Crippen molar-refractivity contribution in [3.05, 3.63) is 76.2 Å². The Hall–Kier alpha value is -3.28. The Morgan fingerprint density at radius 3 is 2.41 bits per heavy atom. The topological polar surface area (TPSA) is 107 Å². The number of anilines is 2. The molecule has 0 saturated heterocycles. The second kappa shape index (κ2) is 5.25. The molecule has 6 nitrogen and oxygen atoms in total. The summed E-state index contributed by atoms with van der Waals surface area (Å²) in [6.45, 7) is 0. The van der Waals surface area contributed by atoms with E-state index in [0.717, 1.165) is 0 Å². The van der Waals surface area contributed by atoms with E-state index in [1.54, 1.807) is 48.5 Å². The first-order valence-electron chi connectivity index (χ1n) is 6.64. The third-order valence-corrected chi connectivity index (χ3v) is 3.32. The Kier molecular flexibility index (Phi) is 3.27. The molecule has 1 aromatic heterocycles. The lowest BCUT2D eigenvalue weighted by atomic mass is 10.1. The van der Waals surface area contributed by atoms with E-state index in [9.17, 15) is 9.59 Å². The van der Waals surface area contributed by atoms with Crippen LogP contribution in [0, 0.1) is 0 Å². The van der Waals surface area contributed by atoms with Gasteiger partial charge in [0.2, 0.25) is 5.78 Å². The number of aromatic nitrogens is 2. The van der Waals surface area contributed by atoms with Gasteiger partial charge in [-0.1, -0.05) is 30.3 Å². The van der Waals surface area contributed by atoms with Gasteiger partial charge in [-0.05, 0) is 24.3 Å². The van der Waals surface area contributed by atoms with Crippen LogP contribution in [0.25, 0.3) is 5.69 Å². The number of nitrogens with zero attached hydrogens (tertiary/aromatic N) is 1. The van der Waals surface area contributed by atoms with Crippen molar-refractivity contribution in [1.29, 1.82) is 0 Å². The molecule has 0 aliphatic carbocycles. The van der Waals surface area contributed by atoms with Gasteiger partial charge in [0.25, 0.3) is 5.56 Å². The highest BCUT2D eigenvalue weighted by Crippen LogP contribution is 2.15. The highest BCUT2D eigenvalue weighted by atomic mass is 16.1. The van der Waals surface area contributed by atoms with Gasteiger partial charge in [-0.15, -0.1) is 0 Å². The average molecular weight is 294 g/mol. The molecule has 0 bridgehead atoms. The van der Waals surface area contributed by atoms with Crippen LogP contribution >= 0.6 is 0 Å². The number of benzene rings is 2. The van der Waals surface area contributed by atoms with Gasteiger partial charge in [0.15, 0.2) is 0 Å². The van der Waals surface area contributed by atoms with Crippen LogP contribution in [0.4, 0.5) is 11.4 Å². The van der Waals surface area contributed by atoms with Gasteiger partial charge in [-0.25, -0.2) is 4.68 Å². The van der Waals surface area contributed by atoms with Crippen LogP contribution in [0.15, 0.2) is 59.4 Å². The van der Waals surface area contributed by atoms with Crippen LogP contribution in [-0.2, 0) is 0 Å². The molecule has 0 unspecified atom stereocenters. The molecule has 3 rings (SSSR count). The number of hydrogen-bond acceptors (Lipinski definition) is 4. The van der Waals surface area contributed by atoms with Gasteiger partial charge < -0.3 is 11.5 Å². The van der Waals surface area contributed by atoms with E-state index in [1.165, 1.54) is 4.68 Å².